The molecule has 0 spiro atoms. The molecule has 0 bridgehead atoms. The van der Waals surface area contributed by atoms with Crippen molar-refractivity contribution in [3.8, 4) is 0 Å². The van der Waals surface area contributed by atoms with Crippen molar-refractivity contribution in [3.05, 3.63) is 36.5 Å². The largest absolute Gasteiger partial charge is 0.756 e. The molecule has 462 valence electrons. The summed E-state index contributed by atoms with van der Waals surface area (Å²) in [6.07, 6.45) is 79.9. The standard InChI is InChI=1S/C69H135N2O6P/c1-6-8-10-12-14-16-18-20-22-24-26-28-30-31-32-33-34-35-36-37-38-39-40-41-43-45-47-49-51-53-55-57-59-61-63-69(73)70-67(66-77-78(74,75)76-65-64-71(3,4)5)68(72)62-60-58-56-54-52-50-48-46-44-42-29-27-25-23-21-19-17-15-13-11-9-7-2/h44,46,52,54,60,62,67-68,72H,6-43,45,47-51,53,55-59,61,63-66H2,1-5H3,(H-,70,73,74,75)/b46-44+,54-52+,62-60+. The minimum atomic E-state index is -4.61. The van der Waals surface area contributed by atoms with E-state index in [1.807, 2.05) is 27.2 Å². The highest BCUT2D eigenvalue weighted by molar-refractivity contribution is 7.45. The number of likely N-dealkylation sites (N-methyl/N-ethyl adjacent to an activating group) is 1. The van der Waals surface area contributed by atoms with Crippen molar-refractivity contribution in [2.45, 2.75) is 360 Å². The summed E-state index contributed by atoms with van der Waals surface area (Å²) in [6, 6.07) is -0.909. The first kappa shape index (κ1) is 76.7. The van der Waals surface area contributed by atoms with Crippen LogP contribution in [0.15, 0.2) is 36.5 Å². The smallest absolute Gasteiger partial charge is 0.268 e. The third-order valence-electron chi connectivity index (χ3n) is 15.8. The number of aliphatic hydroxyl groups is 1. The molecule has 0 aromatic heterocycles. The average molecular weight is 1120 g/mol. The SMILES string of the molecule is CCCCCCCCCCCCCC/C=C/CC/C=C/CC/C=C/C(O)C(COP(=O)([O-])OCC[N+](C)(C)C)NC(=O)CCCCCCCCCCCCCCCCCCCCCCCCCCCCCCCCCCCC. The van der Waals surface area contributed by atoms with E-state index in [2.05, 4.69) is 43.5 Å². The summed E-state index contributed by atoms with van der Waals surface area (Å²) in [5.41, 5.74) is 0. The average Bonchev–Trinajstić information content (AvgIpc) is 3.41. The van der Waals surface area contributed by atoms with Crippen molar-refractivity contribution in [1.29, 1.82) is 0 Å². The van der Waals surface area contributed by atoms with Crippen LogP contribution in [-0.4, -0.2) is 68.5 Å². The van der Waals surface area contributed by atoms with Gasteiger partial charge in [-0.05, 0) is 44.9 Å². The maximum Gasteiger partial charge on any atom is 0.268 e. The second-order valence-electron chi connectivity index (χ2n) is 24.9. The molecule has 0 saturated heterocycles. The number of nitrogens with zero attached hydrogens (tertiary/aromatic N) is 1. The molecular formula is C69H135N2O6P. The van der Waals surface area contributed by atoms with Crippen LogP contribution in [0.25, 0.3) is 0 Å². The number of aliphatic hydroxyl groups excluding tert-OH is 1. The quantitative estimate of drug-likeness (QED) is 0.0272. The lowest BCUT2D eigenvalue weighted by atomic mass is 10.0. The van der Waals surface area contributed by atoms with E-state index >= 15 is 0 Å². The number of hydrogen-bond donors (Lipinski definition) is 2. The first-order valence-corrected chi connectivity index (χ1v) is 35.8. The van der Waals surface area contributed by atoms with E-state index in [9.17, 15) is 19.4 Å². The summed E-state index contributed by atoms with van der Waals surface area (Å²) in [7, 11) is 1.25. The Morgan fingerprint density at radius 1 is 0.436 bits per heavy atom. The van der Waals surface area contributed by atoms with E-state index < -0.39 is 26.6 Å². The van der Waals surface area contributed by atoms with Gasteiger partial charge in [0.05, 0.1) is 39.9 Å². The molecule has 0 aliphatic rings. The van der Waals surface area contributed by atoms with Crippen LogP contribution in [0.1, 0.15) is 348 Å². The number of carbonyl (C=O) groups excluding carboxylic acids is 1. The third kappa shape index (κ3) is 62.3. The number of amides is 1. The van der Waals surface area contributed by atoms with Gasteiger partial charge >= 0.3 is 0 Å². The van der Waals surface area contributed by atoms with Crippen LogP contribution >= 0.6 is 7.82 Å². The normalized spacial score (nSPS) is 13.9. The molecule has 0 fully saturated rings. The van der Waals surface area contributed by atoms with Gasteiger partial charge in [-0.3, -0.25) is 9.36 Å². The summed E-state index contributed by atoms with van der Waals surface area (Å²) >= 11 is 0. The fraction of sp³-hybridized carbons (Fsp3) is 0.899. The minimum Gasteiger partial charge on any atom is -0.756 e. The second kappa shape index (κ2) is 60.3. The molecule has 0 aliphatic carbocycles. The van der Waals surface area contributed by atoms with E-state index in [4.69, 9.17) is 9.05 Å². The number of phosphoric acid groups is 1. The summed E-state index contributed by atoms with van der Waals surface area (Å²) in [4.78, 5) is 25.6. The van der Waals surface area contributed by atoms with Gasteiger partial charge < -0.3 is 28.8 Å². The number of rotatable bonds is 64. The Kier molecular flexibility index (Phi) is 59.3. The van der Waals surface area contributed by atoms with Gasteiger partial charge in [-0.2, -0.15) is 0 Å². The fourth-order valence-corrected chi connectivity index (χ4v) is 11.2. The Hall–Kier alpha value is -1.28. The molecule has 0 rings (SSSR count). The highest BCUT2D eigenvalue weighted by atomic mass is 31.2. The van der Waals surface area contributed by atoms with Crippen molar-refractivity contribution in [2.24, 2.45) is 0 Å². The predicted octanol–water partition coefficient (Wildman–Crippen LogP) is 21.0. The zero-order valence-electron chi connectivity index (χ0n) is 52.9. The van der Waals surface area contributed by atoms with Crippen LogP contribution in [0.3, 0.4) is 0 Å². The van der Waals surface area contributed by atoms with Crippen LogP contribution in [0.5, 0.6) is 0 Å². The maximum atomic E-state index is 13.0. The number of phosphoric ester groups is 1. The summed E-state index contributed by atoms with van der Waals surface area (Å²) in [6.45, 7) is 4.67. The third-order valence-corrected chi connectivity index (χ3v) is 16.8. The van der Waals surface area contributed by atoms with Gasteiger partial charge in [0.2, 0.25) is 5.91 Å². The van der Waals surface area contributed by atoms with Gasteiger partial charge in [-0.15, -0.1) is 0 Å². The Balaban J connectivity index is 4.04. The molecule has 9 heteroatoms. The lowest BCUT2D eigenvalue weighted by Crippen LogP contribution is -2.45. The van der Waals surface area contributed by atoms with Crippen molar-refractivity contribution < 1.29 is 32.9 Å². The van der Waals surface area contributed by atoms with E-state index in [1.54, 1.807) is 6.08 Å². The topological polar surface area (TPSA) is 108 Å². The Morgan fingerprint density at radius 3 is 1.04 bits per heavy atom. The monoisotopic (exact) mass is 1120 g/mol. The number of quaternary nitrogens is 1. The molecular weight excluding hydrogens is 984 g/mol. The Bertz CT molecular complexity index is 1360. The first-order valence-electron chi connectivity index (χ1n) is 34.4. The van der Waals surface area contributed by atoms with Crippen LogP contribution in [-0.2, 0) is 18.4 Å². The van der Waals surface area contributed by atoms with Crippen molar-refractivity contribution >= 4 is 13.7 Å². The molecule has 3 unspecified atom stereocenters. The van der Waals surface area contributed by atoms with Gasteiger partial charge in [0, 0.05) is 6.42 Å². The molecule has 0 aliphatic heterocycles. The van der Waals surface area contributed by atoms with E-state index in [-0.39, 0.29) is 12.5 Å². The molecule has 0 saturated carbocycles. The molecule has 3 atom stereocenters. The lowest BCUT2D eigenvalue weighted by Gasteiger charge is -2.29. The van der Waals surface area contributed by atoms with E-state index in [1.165, 1.54) is 283 Å². The maximum absolute atomic E-state index is 13.0. The summed E-state index contributed by atoms with van der Waals surface area (Å²) in [5.74, 6) is -0.204. The van der Waals surface area contributed by atoms with Gasteiger partial charge in [0.1, 0.15) is 13.2 Å². The fourth-order valence-electron chi connectivity index (χ4n) is 10.5. The van der Waals surface area contributed by atoms with E-state index in [0.29, 0.717) is 17.4 Å². The number of carbonyl (C=O) groups is 1. The highest BCUT2D eigenvalue weighted by Gasteiger charge is 2.23. The molecule has 0 radical (unpaired) electrons. The van der Waals surface area contributed by atoms with Crippen LogP contribution in [0.4, 0.5) is 0 Å². The molecule has 8 nitrogen and oxygen atoms in total. The Morgan fingerprint density at radius 2 is 0.718 bits per heavy atom. The summed E-state index contributed by atoms with van der Waals surface area (Å²) in [5, 5.41) is 13.9. The van der Waals surface area contributed by atoms with Gasteiger partial charge in [0.15, 0.2) is 0 Å². The zero-order chi connectivity index (χ0) is 57.0. The van der Waals surface area contributed by atoms with Crippen LogP contribution < -0.4 is 10.2 Å². The second-order valence-corrected chi connectivity index (χ2v) is 26.3. The summed E-state index contributed by atoms with van der Waals surface area (Å²) < 4.78 is 23.4. The molecule has 78 heavy (non-hydrogen) atoms. The molecule has 0 heterocycles. The van der Waals surface area contributed by atoms with Crippen LogP contribution in [0.2, 0.25) is 0 Å². The van der Waals surface area contributed by atoms with E-state index in [0.717, 1.165) is 44.9 Å². The lowest BCUT2D eigenvalue weighted by molar-refractivity contribution is -0.870. The number of nitrogens with one attached hydrogen (secondary N) is 1. The van der Waals surface area contributed by atoms with Crippen molar-refractivity contribution in [3.63, 3.8) is 0 Å². The molecule has 2 N–H and O–H groups in total. The zero-order valence-corrected chi connectivity index (χ0v) is 53.8. The first-order chi connectivity index (χ1) is 38.0. The number of unbranched alkanes of at least 4 members (excludes halogenated alkanes) is 47. The predicted molar refractivity (Wildman–Crippen MR) is 339 cm³/mol. The molecule has 0 aromatic rings. The highest BCUT2D eigenvalue weighted by Crippen LogP contribution is 2.38. The minimum absolute atomic E-state index is 0.00716. The van der Waals surface area contributed by atoms with Crippen LogP contribution in [0, 0.1) is 0 Å². The molecule has 1 amide bonds. The van der Waals surface area contributed by atoms with Crippen molar-refractivity contribution in [1.82, 2.24) is 5.32 Å². The van der Waals surface area contributed by atoms with Gasteiger partial charge in [0.25, 0.3) is 7.82 Å². The molecule has 0 aromatic carbocycles. The van der Waals surface area contributed by atoms with Crippen molar-refractivity contribution in [2.75, 3.05) is 40.9 Å². The number of allylic oxidation sites excluding steroid dienone is 5. The van der Waals surface area contributed by atoms with Gasteiger partial charge in [-0.25, -0.2) is 0 Å². The number of hydrogen-bond acceptors (Lipinski definition) is 6. The van der Waals surface area contributed by atoms with Gasteiger partial charge in [-0.1, -0.05) is 333 Å². The Labute approximate surface area is 487 Å².